The van der Waals surface area contributed by atoms with E-state index in [9.17, 15) is 14.2 Å². The van der Waals surface area contributed by atoms with Crippen molar-refractivity contribution in [3.05, 3.63) is 23.5 Å². The van der Waals surface area contributed by atoms with Gasteiger partial charge in [0.2, 0.25) is 0 Å². The summed E-state index contributed by atoms with van der Waals surface area (Å²) in [4.78, 5) is 12.6. The Morgan fingerprint density at radius 1 is 1.17 bits per heavy atom. The molecule has 1 heterocycles. The van der Waals surface area contributed by atoms with E-state index < -0.39 is 18.9 Å². The van der Waals surface area contributed by atoms with Gasteiger partial charge >= 0.3 is 13.1 Å². The van der Waals surface area contributed by atoms with Crippen LogP contribution in [0.5, 0.6) is 5.75 Å². The van der Waals surface area contributed by atoms with Gasteiger partial charge in [-0.2, -0.15) is 0 Å². The van der Waals surface area contributed by atoms with Crippen molar-refractivity contribution >= 4 is 18.6 Å². The minimum Gasteiger partial charge on any atom is -0.479 e. The van der Waals surface area contributed by atoms with Crippen LogP contribution in [0.3, 0.4) is 0 Å². The number of hydrogen-bond acceptors (Lipinski definition) is 5. The van der Waals surface area contributed by atoms with Crippen molar-refractivity contribution in [3.8, 4) is 5.75 Å². The smallest absolute Gasteiger partial charge is 0.479 e. The van der Waals surface area contributed by atoms with Gasteiger partial charge in [-0.25, -0.2) is 9.18 Å². The lowest BCUT2D eigenvalue weighted by Crippen LogP contribution is -2.44. The number of fused-ring (bicyclic) bond motifs is 1. The zero-order chi connectivity index (χ0) is 20.7. The summed E-state index contributed by atoms with van der Waals surface area (Å²) in [5.74, 6) is -0.0263. The predicted molar refractivity (Wildman–Crippen MR) is 110 cm³/mol. The van der Waals surface area contributed by atoms with Crippen LogP contribution in [-0.2, 0) is 20.8 Å². The zero-order valence-electron chi connectivity index (χ0n) is 17.4. The van der Waals surface area contributed by atoms with Crippen molar-refractivity contribution in [1.29, 1.82) is 0 Å². The maximum Gasteiger partial charge on any atom is 0.494 e. The molecule has 162 valence electrons. The Hall–Kier alpha value is -1.60. The summed E-state index contributed by atoms with van der Waals surface area (Å²) >= 11 is 0. The highest BCUT2D eigenvalue weighted by Gasteiger charge is 2.51. The van der Waals surface area contributed by atoms with E-state index in [0.29, 0.717) is 22.8 Å². The Balaban J connectivity index is 1.24. The molecule has 1 aromatic carbocycles. The maximum atomic E-state index is 14.6. The van der Waals surface area contributed by atoms with E-state index in [1.807, 2.05) is 0 Å². The van der Waals surface area contributed by atoms with Gasteiger partial charge in [0, 0.05) is 5.46 Å². The van der Waals surface area contributed by atoms with Crippen LogP contribution >= 0.6 is 0 Å². The number of carbonyl (C=O) groups excluding carboxylic acids is 1. The molecule has 0 saturated heterocycles. The van der Waals surface area contributed by atoms with Crippen molar-refractivity contribution in [2.75, 3.05) is 6.61 Å². The molecule has 7 heteroatoms. The first-order valence-corrected chi connectivity index (χ1v) is 11.5. The highest BCUT2D eigenvalue weighted by atomic mass is 19.1. The summed E-state index contributed by atoms with van der Waals surface area (Å²) in [7, 11) is -1.29. The molecule has 5 nitrogen and oxygen atoms in total. The van der Waals surface area contributed by atoms with Gasteiger partial charge < -0.3 is 19.2 Å². The molecule has 0 aromatic heterocycles. The Kier molecular flexibility index (Phi) is 5.52. The Morgan fingerprint density at radius 2 is 1.97 bits per heavy atom. The van der Waals surface area contributed by atoms with Gasteiger partial charge in [-0.15, -0.1) is 0 Å². The molecule has 1 N–H and O–H groups in total. The molecule has 5 rings (SSSR count). The summed E-state index contributed by atoms with van der Waals surface area (Å²) < 4.78 is 31.1. The summed E-state index contributed by atoms with van der Waals surface area (Å²) in [5, 5.41) is 9.78. The molecule has 1 aromatic rings. The third kappa shape index (κ3) is 3.54. The van der Waals surface area contributed by atoms with Crippen molar-refractivity contribution in [2.24, 2.45) is 17.3 Å². The van der Waals surface area contributed by atoms with Crippen LogP contribution in [-0.4, -0.2) is 30.8 Å². The van der Waals surface area contributed by atoms with Crippen molar-refractivity contribution in [2.45, 2.75) is 76.9 Å². The van der Waals surface area contributed by atoms with Crippen LogP contribution in [0.25, 0.3) is 0 Å². The van der Waals surface area contributed by atoms with E-state index in [1.165, 1.54) is 51.0 Å². The van der Waals surface area contributed by atoms with Crippen LogP contribution in [0.4, 0.5) is 4.39 Å². The third-order valence-electron chi connectivity index (χ3n) is 8.10. The van der Waals surface area contributed by atoms with Crippen molar-refractivity contribution in [3.63, 3.8) is 0 Å². The minimum absolute atomic E-state index is 0.0516. The van der Waals surface area contributed by atoms with Crippen LogP contribution in [0.15, 0.2) is 12.1 Å². The number of halogens is 1. The Bertz CT molecular complexity index is 817. The highest BCUT2D eigenvalue weighted by Crippen LogP contribution is 2.59. The van der Waals surface area contributed by atoms with Gasteiger partial charge in [0.15, 0.2) is 18.2 Å². The molecule has 30 heavy (non-hydrogen) atoms. The second-order valence-corrected chi connectivity index (χ2v) is 9.59. The minimum atomic E-state index is -1.29. The van der Waals surface area contributed by atoms with E-state index in [1.54, 1.807) is 6.07 Å². The predicted octanol–water partition coefficient (Wildman–Crippen LogP) is 3.49. The molecular weight excluding hydrogens is 386 g/mol. The third-order valence-corrected chi connectivity index (χ3v) is 8.10. The number of rotatable bonds is 4. The summed E-state index contributed by atoms with van der Waals surface area (Å²) in [6.07, 6.45) is 12.1. The van der Waals surface area contributed by atoms with Gasteiger partial charge in [-0.1, -0.05) is 25.3 Å². The van der Waals surface area contributed by atoms with E-state index in [0.717, 1.165) is 19.3 Å². The molecule has 3 fully saturated rings. The first kappa shape index (κ1) is 20.3. The van der Waals surface area contributed by atoms with Gasteiger partial charge in [0.05, 0.1) is 6.61 Å². The largest absolute Gasteiger partial charge is 0.494 e. The van der Waals surface area contributed by atoms with Gasteiger partial charge in [-0.3, -0.25) is 0 Å². The molecule has 3 aliphatic carbocycles. The summed E-state index contributed by atoms with van der Waals surface area (Å²) in [5.41, 5.74) is 1.18. The molecule has 4 unspecified atom stereocenters. The molecular formula is C23H30BFO5. The molecule has 4 aliphatic rings. The average Bonchev–Trinajstić information content (AvgIpc) is 3.33. The molecule has 3 saturated carbocycles. The number of carbonyl (C=O) groups is 1. The van der Waals surface area contributed by atoms with Crippen LogP contribution < -0.4 is 10.2 Å². The van der Waals surface area contributed by atoms with Gasteiger partial charge in [-0.05, 0) is 73.8 Å². The normalized spacial score (nSPS) is 32.7. The van der Waals surface area contributed by atoms with Crippen LogP contribution in [0.1, 0.15) is 69.8 Å². The lowest BCUT2D eigenvalue weighted by molar-refractivity contribution is -0.160. The summed E-state index contributed by atoms with van der Waals surface area (Å²) in [6.45, 7) is -0.160. The molecule has 4 atom stereocenters. The molecule has 1 aliphatic heterocycles. The summed E-state index contributed by atoms with van der Waals surface area (Å²) in [6, 6.07) is 3.14. The fourth-order valence-corrected chi connectivity index (χ4v) is 6.81. The average molecular weight is 416 g/mol. The number of benzene rings is 1. The maximum absolute atomic E-state index is 14.6. The van der Waals surface area contributed by atoms with E-state index in [4.69, 9.17) is 14.1 Å². The first-order chi connectivity index (χ1) is 14.6. The second kappa shape index (κ2) is 8.15. The zero-order valence-corrected chi connectivity index (χ0v) is 17.4. The monoisotopic (exact) mass is 416 g/mol. The van der Waals surface area contributed by atoms with Crippen molar-refractivity contribution < 1.29 is 28.3 Å². The Morgan fingerprint density at radius 3 is 2.83 bits per heavy atom. The van der Waals surface area contributed by atoms with Gasteiger partial charge in [0.1, 0.15) is 6.10 Å². The standard InChI is InChI=1S/C23H30BFO5/c25-22-19(9-8-15-13-29-24(27)21(15)22)28-14-20(26)30-18-7-1-2-10-23-11-3-5-16(18)17(23)6-4-12-23/h8-9,16-18,27H,1-7,10-14H2. The lowest BCUT2D eigenvalue weighted by atomic mass is 9.58. The molecule has 2 bridgehead atoms. The van der Waals surface area contributed by atoms with Crippen LogP contribution in [0, 0.1) is 23.1 Å². The fourth-order valence-electron chi connectivity index (χ4n) is 6.81. The van der Waals surface area contributed by atoms with E-state index >= 15 is 0 Å². The SMILES string of the molecule is O=C(COc1ccc2c(c1F)B(O)OC2)OC1CCCCC23CCCC1C2CCC3. The van der Waals surface area contributed by atoms with E-state index in [-0.39, 0.29) is 30.5 Å². The molecule has 0 radical (unpaired) electrons. The Labute approximate surface area is 177 Å². The molecule has 0 amide bonds. The highest BCUT2D eigenvalue weighted by molar-refractivity contribution is 6.61. The van der Waals surface area contributed by atoms with Crippen molar-refractivity contribution in [1.82, 2.24) is 0 Å². The van der Waals surface area contributed by atoms with Gasteiger partial charge in [0.25, 0.3) is 0 Å². The first-order valence-electron chi connectivity index (χ1n) is 11.5. The topological polar surface area (TPSA) is 65.0 Å². The second-order valence-electron chi connectivity index (χ2n) is 9.59. The fraction of sp³-hybridized carbons (Fsp3) is 0.696. The van der Waals surface area contributed by atoms with E-state index in [2.05, 4.69) is 0 Å². The number of ether oxygens (including phenoxy) is 2. The quantitative estimate of drug-likeness (QED) is 0.602. The number of esters is 1. The van der Waals surface area contributed by atoms with Crippen LogP contribution in [0.2, 0.25) is 0 Å². The lowest BCUT2D eigenvalue weighted by Gasteiger charge is -2.48. The number of hydrogen-bond donors (Lipinski definition) is 1. The molecule has 0 spiro atoms.